The third kappa shape index (κ3) is 4.96. The highest BCUT2D eigenvalue weighted by Crippen LogP contribution is 2.32. The number of esters is 1. The standard InChI is InChI=1S/C25H23BrIN3O4S/c1-5-34-24(33)20-13(2)28-25-30(21(20)14-6-8-17(9-7-14)29(3)4)23(32)19(35-25)11-15-10-16(26)12-18(27)22(15)31/h6-12,21,31H,5H2,1-4H3/b19-11+/t21-/m0/s1. The van der Waals surface area contributed by atoms with Crippen molar-refractivity contribution in [1.29, 1.82) is 0 Å². The largest absolute Gasteiger partial charge is 0.506 e. The summed E-state index contributed by atoms with van der Waals surface area (Å²) in [6.07, 6.45) is 1.65. The third-order valence-electron chi connectivity index (χ3n) is 5.59. The molecular formula is C25H23BrIN3O4S. The number of hydrogen-bond donors (Lipinski definition) is 1. The maximum Gasteiger partial charge on any atom is 0.338 e. The van der Waals surface area contributed by atoms with E-state index in [1.165, 1.54) is 11.3 Å². The van der Waals surface area contributed by atoms with Crippen molar-refractivity contribution in [1.82, 2.24) is 4.57 Å². The monoisotopic (exact) mass is 667 g/mol. The van der Waals surface area contributed by atoms with Crippen LogP contribution in [0.4, 0.5) is 5.69 Å². The van der Waals surface area contributed by atoms with Gasteiger partial charge in [-0.3, -0.25) is 9.36 Å². The number of allylic oxidation sites excluding steroid dienone is 1. The number of benzene rings is 2. The Bertz CT molecular complexity index is 1520. The van der Waals surface area contributed by atoms with Gasteiger partial charge in [0.1, 0.15) is 5.75 Å². The molecule has 0 fully saturated rings. The first kappa shape index (κ1) is 25.6. The minimum absolute atomic E-state index is 0.0962. The molecule has 7 nitrogen and oxygen atoms in total. The fourth-order valence-electron chi connectivity index (χ4n) is 3.90. The summed E-state index contributed by atoms with van der Waals surface area (Å²) in [5.41, 5.74) is 2.85. The molecule has 2 heterocycles. The number of carbonyl (C=O) groups is 1. The van der Waals surface area contributed by atoms with Crippen molar-refractivity contribution in [2.75, 3.05) is 25.6 Å². The highest BCUT2D eigenvalue weighted by atomic mass is 127. The zero-order valence-corrected chi connectivity index (χ0v) is 24.1. The normalized spacial score (nSPS) is 15.6. The van der Waals surface area contributed by atoms with Gasteiger partial charge in [-0.05, 0) is 72.3 Å². The fourth-order valence-corrected chi connectivity index (χ4v) is 6.49. The zero-order chi connectivity index (χ0) is 25.4. The van der Waals surface area contributed by atoms with E-state index in [4.69, 9.17) is 4.74 Å². The third-order valence-corrected chi connectivity index (χ3v) is 7.85. The Morgan fingerprint density at radius 3 is 2.63 bits per heavy atom. The van der Waals surface area contributed by atoms with Crippen molar-refractivity contribution in [3.05, 3.63) is 86.5 Å². The number of nitrogens with zero attached hydrogens (tertiary/aromatic N) is 3. The van der Waals surface area contributed by atoms with Crippen molar-refractivity contribution < 1.29 is 14.6 Å². The van der Waals surface area contributed by atoms with Crippen LogP contribution in [-0.2, 0) is 9.53 Å². The molecule has 10 heteroatoms. The number of aromatic hydroxyl groups is 1. The van der Waals surface area contributed by atoms with Crippen LogP contribution >= 0.6 is 49.9 Å². The van der Waals surface area contributed by atoms with E-state index in [9.17, 15) is 14.7 Å². The minimum Gasteiger partial charge on any atom is -0.506 e. The Hall–Kier alpha value is -2.44. The lowest BCUT2D eigenvalue weighted by Gasteiger charge is -2.25. The van der Waals surface area contributed by atoms with Crippen molar-refractivity contribution >= 4 is 67.6 Å². The molecule has 0 saturated carbocycles. The first-order valence-electron chi connectivity index (χ1n) is 10.8. The van der Waals surface area contributed by atoms with Crippen LogP contribution in [0, 0.1) is 3.57 Å². The number of phenols is 1. The lowest BCUT2D eigenvalue weighted by molar-refractivity contribution is -0.139. The summed E-state index contributed by atoms with van der Waals surface area (Å²) in [6, 6.07) is 10.6. The predicted octanol–water partition coefficient (Wildman–Crippen LogP) is 3.94. The van der Waals surface area contributed by atoms with Crippen molar-refractivity contribution in [2.45, 2.75) is 19.9 Å². The molecule has 1 atom stereocenters. The molecule has 1 aliphatic rings. The van der Waals surface area contributed by atoms with Crippen LogP contribution in [0.25, 0.3) is 6.08 Å². The first-order valence-corrected chi connectivity index (χ1v) is 13.5. The molecule has 0 saturated heterocycles. The molecule has 0 spiro atoms. The molecule has 35 heavy (non-hydrogen) atoms. The molecule has 3 aromatic rings. The second-order valence-corrected chi connectivity index (χ2v) is 11.2. The molecule has 4 rings (SSSR count). The number of anilines is 1. The number of aromatic nitrogens is 1. The number of thiazole rings is 1. The van der Waals surface area contributed by atoms with Crippen LogP contribution < -0.4 is 19.8 Å². The number of carbonyl (C=O) groups excluding carboxylic acids is 1. The highest BCUT2D eigenvalue weighted by Gasteiger charge is 2.33. The molecule has 2 aromatic carbocycles. The van der Waals surface area contributed by atoms with Gasteiger partial charge in [-0.2, -0.15) is 0 Å². The van der Waals surface area contributed by atoms with Crippen LogP contribution in [0.1, 0.15) is 31.0 Å². The molecule has 0 radical (unpaired) electrons. The second kappa shape index (κ2) is 10.3. The van der Waals surface area contributed by atoms with Crippen LogP contribution in [0.15, 0.2) is 61.9 Å². The van der Waals surface area contributed by atoms with Gasteiger partial charge in [-0.1, -0.05) is 39.4 Å². The average molecular weight is 668 g/mol. The van der Waals surface area contributed by atoms with Gasteiger partial charge >= 0.3 is 5.97 Å². The summed E-state index contributed by atoms with van der Waals surface area (Å²) < 4.78 is 8.74. The number of fused-ring (bicyclic) bond motifs is 1. The van der Waals surface area contributed by atoms with Crippen molar-refractivity contribution in [3.8, 4) is 5.75 Å². The predicted molar refractivity (Wildman–Crippen MR) is 150 cm³/mol. The van der Waals surface area contributed by atoms with Gasteiger partial charge in [-0.25, -0.2) is 9.79 Å². The van der Waals surface area contributed by atoms with E-state index in [2.05, 4.69) is 20.9 Å². The molecule has 0 aliphatic carbocycles. The number of phenolic OH excluding ortho intramolecular Hbond substituents is 1. The van der Waals surface area contributed by atoms with Crippen LogP contribution in [-0.4, -0.2) is 36.3 Å². The molecule has 0 bridgehead atoms. The van der Waals surface area contributed by atoms with Gasteiger partial charge in [-0.15, -0.1) is 0 Å². The molecular weight excluding hydrogens is 645 g/mol. The number of rotatable bonds is 5. The van der Waals surface area contributed by atoms with E-state index >= 15 is 0 Å². The Kier molecular flexibility index (Phi) is 7.53. The maximum atomic E-state index is 13.7. The van der Waals surface area contributed by atoms with Crippen molar-refractivity contribution in [2.24, 2.45) is 4.99 Å². The van der Waals surface area contributed by atoms with Gasteiger partial charge in [0.25, 0.3) is 5.56 Å². The van der Waals surface area contributed by atoms with Crippen LogP contribution in [0.3, 0.4) is 0 Å². The average Bonchev–Trinajstić information content (AvgIpc) is 3.10. The summed E-state index contributed by atoms with van der Waals surface area (Å²) in [5.74, 6) is -0.400. The Morgan fingerprint density at radius 2 is 2.00 bits per heavy atom. The van der Waals surface area contributed by atoms with Gasteiger partial charge < -0.3 is 14.7 Å². The van der Waals surface area contributed by atoms with E-state index in [1.807, 2.05) is 65.9 Å². The van der Waals surface area contributed by atoms with E-state index in [0.717, 1.165) is 15.7 Å². The lowest BCUT2D eigenvalue weighted by Crippen LogP contribution is -2.39. The second-order valence-electron chi connectivity index (χ2n) is 8.11. The molecule has 182 valence electrons. The first-order chi connectivity index (χ1) is 16.6. The maximum absolute atomic E-state index is 13.7. The molecule has 1 aromatic heterocycles. The topological polar surface area (TPSA) is 84.1 Å². The fraction of sp³-hybridized carbons (Fsp3) is 0.240. The summed E-state index contributed by atoms with van der Waals surface area (Å²) in [6.45, 7) is 3.72. The summed E-state index contributed by atoms with van der Waals surface area (Å²) >= 11 is 6.70. The van der Waals surface area contributed by atoms with Crippen LogP contribution in [0.2, 0.25) is 0 Å². The van der Waals surface area contributed by atoms with Crippen LogP contribution in [0.5, 0.6) is 5.75 Å². The quantitative estimate of drug-likeness (QED) is 0.329. The SMILES string of the molecule is CCOC(=O)C1=C(C)N=c2s/c(=C/c3cc(Br)cc(I)c3O)c(=O)n2[C@H]1c1ccc(N(C)C)cc1. The van der Waals surface area contributed by atoms with Gasteiger partial charge in [0, 0.05) is 29.8 Å². The van der Waals surface area contributed by atoms with Gasteiger partial charge in [0.2, 0.25) is 0 Å². The number of ether oxygens (including phenoxy) is 1. The van der Waals surface area contributed by atoms with Gasteiger partial charge in [0.15, 0.2) is 4.80 Å². The van der Waals surface area contributed by atoms with E-state index in [-0.39, 0.29) is 17.9 Å². The Labute approximate surface area is 228 Å². The number of halogens is 2. The Morgan fingerprint density at radius 1 is 1.31 bits per heavy atom. The van der Waals surface area contributed by atoms with E-state index in [1.54, 1.807) is 36.6 Å². The van der Waals surface area contributed by atoms with Gasteiger partial charge in [0.05, 0.1) is 32.0 Å². The minimum atomic E-state index is -0.681. The summed E-state index contributed by atoms with van der Waals surface area (Å²) in [4.78, 5) is 33.7. The highest BCUT2D eigenvalue weighted by molar-refractivity contribution is 14.1. The molecule has 1 aliphatic heterocycles. The Balaban J connectivity index is 1.96. The lowest BCUT2D eigenvalue weighted by atomic mass is 9.95. The zero-order valence-electron chi connectivity index (χ0n) is 19.5. The number of hydrogen-bond acceptors (Lipinski definition) is 7. The van der Waals surface area contributed by atoms with E-state index in [0.29, 0.717) is 29.7 Å². The molecule has 0 unspecified atom stereocenters. The van der Waals surface area contributed by atoms with E-state index < -0.39 is 12.0 Å². The smallest absolute Gasteiger partial charge is 0.338 e. The summed E-state index contributed by atoms with van der Waals surface area (Å²) in [5, 5.41) is 10.5. The molecule has 1 N–H and O–H groups in total. The molecule has 0 amide bonds. The van der Waals surface area contributed by atoms with Crippen molar-refractivity contribution in [3.63, 3.8) is 0 Å². The summed E-state index contributed by atoms with van der Waals surface area (Å²) in [7, 11) is 3.90.